The van der Waals surface area contributed by atoms with Gasteiger partial charge in [0.2, 0.25) is 5.75 Å². The molecule has 1 fully saturated rings. The summed E-state index contributed by atoms with van der Waals surface area (Å²) in [6.07, 6.45) is 5.25. The number of nitrogens with zero attached hydrogens (tertiary/aromatic N) is 1. The number of carbonyl (C=O) groups excluding carboxylic acids is 1. The number of rotatable bonds is 8. The van der Waals surface area contributed by atoms with Gasteiger partial charge in [-0.15, -0.1) is 0 Å². The highest BCUT2D eigenvalue weighted by atomic mass is 16.5. The molecular weight excluding hydrogens is 360 g/mol. The molecule has 2 aromatic rings. The third kappa shape index (κ3) is 4.42. The molecule has 1 aliphatic heterocycles. The van der Waals surface area contributed by atoms with Crippen LogP contribution in [-0.2, 0) is 0 Å². The first-order valence-corrected chi connectivity index (χ1v) is 9.53. The maximum absolute atomic E-state index is 12.8. The largest absolute Gasteiger partial charge is 0.493 e. The van der Waals surface area contributed by atoms with Gasteiger partial charge in [0.15, 0.2) is 11.5 Å². The molecule has 0 radical (unpaired) electrons. The lowest BCUT2D eigenvalue weighted by Crippen LogP contribution is -2.40. The van der Waals surface area contributed by atoms with Crippen LogP contribution in [0, 0.1) is 0 Å². The second-order valence-corrected chi connectivity index (χ2v) is 6.75. The highest BCUT2D eigenvalue weighted by Gasteiger charge is 2.25. The molecule has 1 aromatic carbocycles. The van der Waals surface area contributed by atoms with Gasteiger partial charge in [-0.2, -0.15) is 0 Å². The topological polar surface area (TPSA) is 73.2 Å². The van der Waals surface area contributed by atoms with Crippen molar-refractivity contribution >= 4 is 5.91 Å². The zero-order valence-electron chi connectivity index (χ0n) is 16.7. The van der Waals surface area contributed by atoms with E-state index in [1.165, 1.54) is 27.8 Å². The number of hydrogen-bond acceptors (Lipinski definition) is 6. The van der Waals surface area contributed by atoms with Crippen molar-refractivity contribution in [1.29, 1.82) is 0 Å². The number of furan rings is 1. The Morgan fingerprint density at radius 1 is 1.11 bits per heavy atom. The highest BCUT2D eigenvalue weighted by molar-refractivity contribution is 5.95. The zero-order valence-corrected chi connectivity index (χ0v) is 16.7. The Labute approximate surface area is 165 Å². The summed E-state index contributed by atoms with van der Waals surface area (Å²) in [6, 6.07) is 7.17. The standard InChI is InChI=1S/C21H28N2O5/c1-25-18-12-15(13-19(26-2)20(18)27-3)21(24)22-14-16(17-8-7-11-28-17)23-9-5-4-6-10-23/h7-8,11-13,16H,4-6,9-10,14H2,1-3H3,(H,22,24)/t16-/m0/s1. The van der Waals surface area contributed by atoms with E-state index >= 15 is 0 Å². The number of piperidine rings is 1. The number of benzene rings is 1. The monoisotopic (exact) mass is 388 g/mol. The minimum absolute atomic E-state index is 0.0151. The molecule has 1 aromatic heterocycles. The molecule has 0 unspecified atom stereocenters. The van der Waals surface area contributed by atoms with E-state index < -0.39 is 0 Å². The molecule has 1 amide bonds. The van der Waals surface area contributed by atoms with E-state index in [-0.39, 0.29) is 11.9 Å². The minimum Gasteiger partial charge on any atom is -0.493 e. The Balaban J connectivity index is 1.75. The Morgan fingerprint density at radius 3 is 2.32 bits per heavy atom. The fourth-order valence-corrected chi connectivity index (χ4v) is 3.62. The van der Waals surface area contributed by atoms with Crippen LogP contribution < -0.4 is 19.5 Å². The van der Waals surface area contributed by atoms with Crippen LogP contribution in [0.4, 0.5) is 0 Å². The van der Waals surface area contributed by atoms with Crippen LogP contribution in [0.5, 0.6) is 17.2 Å². The molecule has 0 bridgehead atoms. The van der Waals surface area contributed by atoms with Gasteiger partial charge in [0.25, 0.3) is 5.91 Å². The number of hydrogen-bond donors (Lipinski definition) is 1. The van der Waals surface area contributed by atoms with Gasteiger partial charge in [0, 0.05) is 12.1 Å². The summed E-state index contributed by atoms with van der Waals surface area (Å²) in [6.45, 7) is 2.47. The van der Waals surface area contributed by atoms with Crippen molar-refractivity contribution in [3.05, 3.63) is 41.9 Å². The van der Waals surface area contributed by atoms with E-state index in [0.29, 0.717) is 29.4 Å². The third-order valence-electron chi connectivity index (χ3n) is 5.09. The average Bonchev–Trinajstić information content (AvgIpc) is 3.27. The molecule has 7 heteroatoms. The maximum atomic E-state index is 12.8. The van der Waals surface area contributed by atoms with Gasteiger partial charge in [0.05, 0.1) is 33.6 Å². The fourth-order valence-electron chi connectivity index (χ4n) is 3.62. The van der Waals surface area contributed by atoms with E-state index in [0.717, 1.165) is 31.7 Å². The van der Waals surface area contributed by atoms with Gasteiger partial charge in [-0.25, -0.2) is 0 Å². The van der Waals surface area contributed by atoms with E-state index in [4.69, 9.17) is 18.6 Å². The summed E-state index contributed by atoms with van der Waals surface area (Å²) in [5, 5.41) is 3.03. The fraction of sp³-hybridized carbons (Fsp3) is 0.476. The molecule has 28 heavy (non-hydrogen) atoms. The minimum atomic E-state index is -0.201. The lowest BCUT2D eigenvalue weighted by molar-refractivity contribution is 0.0913. The maximum Gasteiger partial charge on any atom is 0.251 e. The first-order valence-electron chi connectivity index (χ1n) is 9.53. The molecule has 0 saturated carbocycles. The van der Waals surface area contributed by atoms with E-state index in [1.807, 2.05) is 12.1 Å². The van der Waals surface area contributed by atoms with Crippen LogP contribution in [0.15, 0.2) is 34.9 Å². The molecule has 1 aliphatic rings. The number of nitrogens with one attached hydrogen (secondary N) is 1. The summed E-state index contributed by atoms with van der Waals surface area (Å²) < 4.78 is 21.6. The van der Waals surface area contributed by atoms with Crippen LogP contribution in [0.25, 0.3) is 0 Å². The first kappa shape index (κ1) is 20.1. The first-order chi connectivity index (χ1) is 13.7. The molecule has 1 atom stereocenters. The average molecular weight is 388 g/mol. The van der Waals surface area contributed by atoms with Gasteiger partial charge in [-0.1, -0.05) is 6.42 Å². The van der Waals surface area contributed by atoms with Crippen LogP contribution in [0.2, 0.25) is 0 Å². The van der Waals surface area contributed by atoms with Crippen LogP contribution >= 0.6 is 0 Å². The molecule has 1 saturated heterocycles. The molecule has 2 heterocycles. The molecule has 0 aliphatic carbocycles. The van der Waals surface area contributed by atoms with Gasteiger partial charge < -0.3 is 23.9 Å². The number of amides is 1. The quantitative estimate of drug-likeness (QED) is 0.748. The van der Waals surface area contributed by atoms with Crippen LogP contribution in [-0.4, -0.2) is 51.8 Å². The molecular formula is C21H28N2O5. The van der Waals surface area contributed by atoms with Gasteiger partial charge >= 0.3 is 0 Å². The lowest BCUT2D eigenvalue weighted by Gasteiger charge is -2.33. The predicted octanol–water partition coefficient (Wildman–Crippen LogP) is 3.26. The predicted molar refractivity (Wildman–Crippen MR) is 105 cm³/mol. The van der Waals surface area contributed by atoms with Crippen molar-refractivity contribution in [2.75, 3.05) is 41.0 Å². The second-order valence-electron chi connectivity index (χ2n) is 6.75. The summed E-state index contributed by atoms with van der Waals surface area (Å²) in [5.74, 6) is 2.03. The Hall–Kier alpha value is -2.67. The molecule has 7 nitrogen and oxygen atoms in total. The molecule has 0 spiro atoms. The second kappa shape index (κ2) is 9.50. The van der Waals surface area contributed by atoms with Crippen molar-refractivity contribution < 1.29 is 23.4 Å². The number of ether oxygens (including phenoxy) is 3. The van der Waals surface area contributed by atoms with Gasteiger partial charge in [0.1, 0.15) is 5.76 Å². The Kier molecular flexibility index (Phi) is 6.81. The van der Waals surface area contributed by atoms with Gasteiger partial charge in [-0.3, -0.25) is 9.69 Å². The number of likely N-dealkylation sites (tertiary alicyclic amines) is 1. The number of methoxy groups -OCH3 is 3. The van der Waals surface area contributed by atoms with Crippen molar-refractivity contribution in [1.82, 2.24) is 10.2 Å². The summed E-state index contributed by atoms with van der Waals surface area (Å²) >= 11 is 0. The van der Waals surface area contributed by atoms with Crippen molar-refractivity contribution in [3.63, 3.8) is 0 Å². The van der Waals surface area contributed by atoms with Crippen LogP contribution in [0.3, 0.4) is 0 Å². The zero-order chi connectivity index (χ0) is 19.9. The van der Waals surface area contributed by atoms with E-state index in [1.54, 1.807) is 18.4 Å². The third-order valence-corrected chi connectivity index (χ3v) is 5.09. The van der Waals surface area contributed by atoms with Crippen molar-refractivity contribution in [2.24, 2.45) is 0 Å². The SMILES string of the molecule is COc1cc(C(=O)NC[C@@H](c2ccco2)N2CCCCC2)cc(OC)c1OC. The smallest absolute Gasteiger partial charge is 0.251 e. The summed E-state index contributed by atoms with van der Waals surface area (Å²) in [7, 11) is 4.59. The van der Waals surface area contributed by atoms with Crippen molar-refractivity contribution in [2.45, 2.75) is 25.3 Å². The summed E-state index contributed by atoms with van der Waals surface area (Å²) in [5.41, 5.74) is 0.450. The Bertz CT molecular complexity index is 744. The van der Waals surface area contributed by atoms with Crippen LogP contribution in [0.1, 0.15) is 41.4 Å². The van der Waals surface area contributed by atoms with Crippen molar-refractivity contribution in [3.8, 4) is 17.2 Å². The summed E-state index contributed by atoms with van der Waals surface area (Å²) in [4.78, 5) is 15.2. The normalized spacial score (nSPS) is 15.7. The van der Waals surface area contributed by atoms with E-state index in [9.17, 15) is 4.79 Å². The molecule has 1 N–H and O–H groups in total. The number of carbonyl (C=O) groups is 1. The molecule has 3 rings (SSSR count). The Morgan fingerprint density at radius 2 is 1.79 bits per heavy atom. The molecule has 152 valence electrons. The van der Waals surface area contributed by atoms with E-state index in [2.05, 4.69) is 10.2 Å². The lowest BCUT2D eigenvalue weighted by atomic mass is 10.1. The highest BCUT2D eigenvalue weighted by Crippen LogP contribution is 2.38. The van der Waals surface area contributed by atoms with Gasteiger partial charge in [-0.05, 0) is 50.2 Å².